The predicted octanol–water partition coefficient (Wildman–Crippen LogP) is 5.45. The molecular weight excluding hydrogens is 364 g/mol. The van der Waals surface area contributed by atoms with Gasteiger partial charge in [-0.3, -0.25) is 0 Å². The number of allylic oxidation sites excluding steroid dienone is 2. The lowest BCUT2D eigenvalue weighted by atomic mass is 9.81. The molecule has 4 heteroatoms. The Kier molecular flexibility index (Phi) is 9.69. The van der Waals surface area contributed by atoms with Crippen LogP contribution in [0.1, 0.15) is 68.2 Å². The van der Waals surface area contributed by atoms with Gasteiger partial charge in [0.2, 0.25) is 0 Å². The molecule has 0 bridgehead atoms. The van der Waals surface area contributed by atoms with Crippen molar-refractivity contribution < 1.29 is 14.6 Å². The smallest absolute Gasteiger partial charge is 0.200 e. The highest BCUT2D eigenvalue weighted by Crippen LogP contribution is 2.43. The normalized spacial score (nSPS) is 21.4. The van der Waals surface area contributed by atoms with Gasteiger partial charge in [0.25, 0.3) is 0 Å². The molecule has 0 radical (unpaired) electrons. The lowest BCUT2D eigenvalue weighted by Gasteiger charge is -2.43. The standard InChI is InChI=1S/C24H42O3Si/c1-10-11-23(25)24(26)22-14-21(13-12-19(22)8)20(9)15-27-28(16(2)3,17(4)5)18(6)7/h1,12,14,16-18,20-21,23-26H,11,13,15H2,2-9H3/t20-,21+,23-,24?/m1/s1. The highest BCUT2D eigenvalue weighted by molar-refractivity contribution is 6.77. The van der Waals surface area contributed by atoms with Crippen molar-refractivity contribution in [3.05, 3.63) is 23.3 Å². The molecule has 0 aliphatic heterocycles. The van der Waals surface area contributed by atoms with E-state index in [0.717, 1.165) is 24.2 Å². The summed E-state index contributed by atoms with van der Waals surface area (Å²) in [6.45, 7) is 18.8. The zero-order valence-electron chi connectivity index (χ0n) is 19.2. The molecule has 2 N–H and O–H groups in total. The van der Waals surface area contributed by atoms with Crippen molar-refractivity contribution in [3.63, 3.8) is 0 Å². The van der Waals surface area contributed by atoms with Crippen LogP contribution in [-0.4, -0.2) is 37.3 Å². The summed E-state index contributed by atoms with van der Waals surface area (Å²) in [6.07, 6.45) is 8.84. The molecule has 1 rings (SSSR count). The van der Waals surface area contributed by atoms with Gasteiger partial charge in [0.15, 0.2) is 8.32 Å². The minimum absolute atomic E-state index is 0.153. The maximum absolute atomic E-state index is 10.5. The molecule has 28 heavy (non-hydrogen) atoms. The maximum Gasteiger partial charge on any atom is 0.200 e. The molecule has 1 aliphatic rings. The molecule has 0 aromatic rings. The minimum Gasteiger partial charge on any atom is -0.416 e. The maximum atomic E-state index is 10.5. The zero-order valence-corrected chi connectivity index (χ0v) is 20.2. The van der Waals surface area contributed by atoms with Crippen LogP contribution in [0.25, 0.3) is 0 Å². The third-order valence-corrected chi connectivity index (χ3v) is 12.7. The van der Waals surface area contributed by atoms with Crippen LogP contribution in [0.4, 0.5) is 0 Å². The first kappa shape index (κ1) is 25.2. The van der Waals surface area contributed by atoms with Crippen molar-refractivity contribution in [1.29, 1.82) is 0 Å². The van der Waals surface area contributed by atoms with Crippen molar-refractivity contribution in [2.45, 2.75) is 97.1 Å². The molecule has 1 aliphatic carbocycles. The molecule has 0 spiro atoms. The van der Waals surface area contributed by atoms with E-state index in [1.54, 1.807) is 0 Å². The van der Waals surface area contributed by atoms with Crippen LogP contribution < -0.4 is 0 Å². The Morgan fingerprint density at radius 1 is 1.11 bits per heavy atom. The summed E-state index contributed by atoms with van der Waals surface area (Å²) in [5.74, 6) is 3.08. The summed E-state index contributed by atoms with van der Waals surface area (Å²) in [6, 6.07) is 0. The number of hydrogen-bond donors (Lipinski definition) is 2. The van der Waals surface area contributed by atoms with E-state index < -0.39 is 20.5 Å². The van der Waals surface area contributed by atoms with Gasteiger partial charge in [0.1, 0.15) is 6.10 Å². The van der Waals surface area contributed by atoms with Crippen LogP contribution in [0.2, 0.25) is 16.6 Å². The third kappa shape index (κ3) is 5.60. The molecule has 0 fully saturated rings. The van der Waals surface area contributed by atoms with Crippen LogP contribution >= 0.6 is 0 Å². The van der Waals surface area contributed by atoms with Gasteiger partial charge in [-0.05, 0) is 53.0 Å². The first-order valence-electron chi connectivity index (χ1n) is 10.8. The fourth-order valence-corrected chi connectivity index (χ4v) is 10.5. The van der Waals surface area contributed by atoms with Gasteiger partial charge in [0.05, 0.1) is 6.10 Å². The zero-order chi connectivity index (χ0) is 21.6. The molecule has 160 valence electrons. The van der Waals surface area contributed by atoms with E-state index in [-0.39, 0.29) is 6.42 Å². The molecule has 3 nitrogen and oxygen atoms in total. The van der Waals surface area contributed by atoms with Crippen LogP contribution in [-0.2, 0) is 4.43 Å². The van der Waals surface area contributed by atoms with Crippen molar-refractivity contribution in [2.24, 2.45) is 11.8 Å². The predicted molar refractivity (Wildman–Crippen MR) is 122 cm³/mol. The number of aliphatic hydroxyl groups is 2. The monoisotopic (exact) mass is 406 g/mol. The summed E-state index contributed by atoms with van der Waals surface area (Å²) in [7, 11) is -1.88. The lowest BCUT2D eigenvalue weighted by molar-refractivity contribution is 0.0458. The topological polar surface area (TPSA) is 49.7 Å². The first-order valence-corrected chi connectivity index (χ1v) is 12.9. The van der Waals surface area contributed by atoms with Gasteiger partial charge in [-0.1, -0.05) is 60.6 Å². The van der Waals surface area contributed by atoms with Crippen LogP contribution in [0.5, 0.6) is 0 Å². The minimum atomic E-state index is -1.88. The fraction of sp³-hybridized carbons (Fsp3) is 0.750. The van der Waals surface area contributed by atoms with Gasteiger partial charge in [0, 0.05) is 13.0 Å². The Balaban J connectivity index is 2.94. The first-order chi connectivity index (χ1) is 13.0. The van der Waals surface area contributed by atoms with Gasteiger partial charge >= 0.3 is 0 Å². The molecule has 0 saturated carbocycles. The van der Waals surface area contributed by atoms with E-state index in [0.29, 0.717) is 28.5 Å². The number of terminal acetylenes is 1. The Labute approximate surface area is 174 Å². The molecule has 0 aromatic carbocycles. The Morgan fingerprint density at radius 3 is 2.11 bits per heavy atom. The van der Waals surface area contributed by atoms with Crippen LogP contribution in [0.15, 0.2) is 23.3 Å². The molecular formula is C24H42O3Si. The van der Waals surface area contributed by atoms with E-state index in [9.17, 15) is 10.2 Å². The Hall–Kier alpha value is -0.863. The van der Waals surface area contributed by atoms with Crippen LogP contribution in [0, 0.1) is 24.2 Å². The lowest BCUT2D eigenvalue weighted by Crippen LogP contribution is -2.48. The summed E-state index contributed by atoms with van der Waals surface area (Å²) in [5.41, 5.74) is 3.55. The van der Waals surface area contributed by atoms with E-state index in [1.165, 1.54) is 0 Å². The second-order valence-electron chi connectivity index (χ2n) is 9.44. The van der Waals surface area contributed by atoms with Crippen molar-refractivity contribution >= 4 is 8.32 Å². The number of hydrogen-bond acceptors (Lipinski definition) is 3. The average Bonchev–Trinajstić information content (AvgIpc) is 2.61. The van der Waals surface area contributed by atoms with Crippen molar-refractivity contribution in [2.75, 3.05) is 6.61 Å². The molecule has 0 aromatic heterocycles. The third-order valence-electron chi connectivity index (χ3n) is 6.59. The Bertz CT molecular complexity index is 576. The summed E-state index contributed by atoms with van der Waals surface area (Å²) in [5, 5.41) is 20.7. The molecule has 0 saturated heterocycles. The summed E-state index contributed by atoms with van der Waals surface area (Å²) < 4.78 is 6.79. The van der Waals surface area contributed by atoms with Gasteiger partial charge in [-0.15, -0.1) is 12.3 Å². The van der Waals surface area contributed by atoms with Gasteiger partial charge < -0.3 is 14.6 Å². The molecule has 4 atom stereocenters. The van der Waals surface area contributed by atoms with E-state index in [1.807, 2.05) is 6.92 Å². The SMILES string of the molecule is C#CC[C@@H](O)C(O)C1=C[C@@H]([C@H](C)CO[Si](C(C)C)(C(C)C)C(C)C)CC=C1C. The van der Waals surface area contributed by atoms with E-state index in [2.05, 4.69) is 66.5 Å². The van der Waals surface area contributed by atoms with E-state index >= 15 is 0 Å². The highest BCUT2D eigenvalue weighted by atomic mass is 28.4. The van der Waals surface area contributed by atoms with Crippen molar-refractivity contribution in [3.8, 4) is 12.3 Å². The largest absolute Gasteiger partial charge is 0.416 e. The quantitative estimate of drug-likeness (QED) is 0.374. The highest BCUT2D eigenvalue weighted by Gasteiger charge is 2.45. The Morgan fingerprint density at radius 2 is 1.64 bits per heavy atom. The number of aliphatic hydroxyl groups excluding tert-OH is 2. The summed E-state index contributed by atoms with van der Waals surface area (Å²) >= 11 is 0. The fourth-order valence-electron chi connectivity index (χ4n) is 4.93. The molecule has 1 unspecified atom stereocenters. The second-order valence-corrected chi connectivity index (χ2v) is 14.9. The van der Waals surface area contributed by atoms with Gasteiger partial charge in [-0.25, -0.2) is 0 Å². The van der Waals surface area contributed by atoms with Gasteiger partial charge in [-0.2, -0.15) is 0 Å². The average molecular weight is 407 g/mol. The van der Waals surface area contributed by atoms with Crippen molar-refractivity contribution in [1.82, 2.24) is 0 Å². The molecule has 0 heterocycles. The number of rotatable bonds is 10. The second kappa shape index (κ2) is 10.8. The molecule has 0 amide bonds. The summed E-state index contributed by atoms with van der Waals surface area (Å²) in [4.78, 5) is 0. The van der Waals surface area contributed by atoms with Crippen LogP contribution in [0.3, 0.4) is 0 Å². The van der Waals surface area contributed by atoms with E-state index in [4.69, 9.17) is 10.8 Å².